The molecule has 17 heavy (non-hydrogen) atoms. The van der Waals surface area contributed by atoms with Crippen LogP contribution in [0.25, 0.3) is 0 Å². The summed E-state index contributed by atoms with van der Waals surface area (Å²) >= 11 is 0. The Hall–Kier alpha value is -2.04. The SMILES string of the molecule is Cc1nn(C)c(C)c1CNc1ccc(N)cn1. The zero-order valence-corrected chi connectivity index (χ0v) is 10.4. The van der Waals surface area contributed by atoms with Gasteiger partial charge in [-0.3, -0.25) is 4.68 Å². The van der Waals surface area contributed by atoms with E-state index in [2.05, 4.69) is 22.3 Å². The third-order valence-electron chi connectivity index (χ3n) is 2.89. The van der Waals surface area contributed by atoms with Gasteiger partial charge >= 0.3 is 0 Å². The number of hydrogen-bond acceptors (Lipinski definition) is 4. The second-order valence-corrected chi connectivity index (χ2v) is 4.10. The molecule has 0 spiro atoms. The minimum absolute atomic E-state index is 0.671. The van der Waals surface area contributed by atoms with Crippen LogP contribution >= 0.6 is 0 Å². The van der Waals surface area contributed by atoms with Gasteiger partial charge in [-0.05, 0) is 26.0 Å². The van der Waals surface area contributed by atoms with Gasteiger partial charge in [-0.1, -0.05) is 0 Å². The highest BCUT2D eigenvalue weighted by molar-refractivity contribution is 5.44. The summed E-state index contributed by atoms with van der Waals surface area (Å²) in [7, 11) is 1.95. The summed E-state index contributed by atoms with van der Waals surface area (Å²) in [5, 5.41) is 7.64. The third-order valence-corrected chi connectivity index (χ3v) is 2.89. The predicted molar refractivity (Wildman–Crippen MR) is 68.7 cm³/mol. The molecular formula is C12H17N5. The van der Waals surface area contributed by atoms with Crippen molar-refractivity contribution in [3.63, 3.8) is 0 Å². The Morgan fingerprint density at radius 1 is 1.35 bits per heavy atom. The van der Waals surface area contributed by atoms with Gasteiger partial charge < -0.3 is 11.1 Å². The normalized spacial score (nSPS) is 10.5. The van der Waals surface area contributed by atoms with E-state index < -0.39 is 0 Å². The zero-order valence-electron chi connectivity index (χ0n) is 10.4. The second-order valence-electron chi connectivity index (χ2n) is 4.10. The second kappa shape index (κ2) is 4.45. The molecule has 5 nitrogen and oxygen atoms in total. The standard InChI is InChI=1S/C12H17N5/c1-8-11(9(2)17(3)16-8)7-15-12-5-4-10(13)6-14-12/h4-6H,7,13H2,1-3H3,(H,14,15). The smallest absolute Gasteiger partial charge is 0.126 e. The molecule has 2 heterocycles. The summed E-state index contributed by atoms with van der Waals surface area (Å²) in [6.07, 6.45) is 1.64. The molecular weight excluding hydrogens is 214 g/mol. The number of rotatable bonds is 3. The van der Waals surface area contributed by atoms with E-state index in [1.54, 1.807) is 6.20 Å². The third kappa shape index (κ3) is 2.38. The van der Waals surface area contributed by atoms with E-state index in [-0.39, 0.29) is 0 Å². The Bertz CT molecular complexity index is 512. The van der Waals surface area contributed by atoms with Crippen LogP contribution in [0.4, 0.5) is 11.5 Å². The van der Waals surface area contributed by atoms with Crippen molar-refractivity contribution in [3.05, 3.63) is 35.3 Å². The molecule has 0 aliphatic rings. The monoisotopic (exact) mass is 231 g/mol. The van der Waals surface area contributed by atoms with Gasteiger partial charge in [0, 0.05) is 24.8 Å². The lowest BCUT2D eigenvalue weighted by Crippen LogP contribution is -2.03. The molecule has 2 aromatic rings. The van der Waals surface area contributed by atoms with Crippen LogP contribution in [0.15, 0.2) is 18.3 Å². The maximum atomic E-state index is 5.58. The lowest BCUT2D eigenvalue weighted by Gasteiger charge is -2.06. The van der Waals surface area contributed by atoms with Gasteiger partial charge in [0.2, 0.25) is 0 Å². The van der Waals surface area contributed by atoms with Gasteiger partial charge in [0.25, 0.3) is 0 Å². The Labute approximate surface area is 101 Å². The summed E-state index contributed by atoms with van der Waals surface area (Å²) in [5.74, 6) is 0.821. The molecule has 2 aromatic heterocycles. The minimum Gasteiger partial charge on any atom is -0.397 e. The lowest BCUT2D eigenvalue weighted by molar-refractivity contribution is 0.730. The highest BCUT2D eigenvalue weighted by Gasteiger charge is 2.08. The van der Waals surface area contributed by atoms with Gasteiger partial charge in [-0.15, -0.1) is 0 Å². The highest BCUT2D eigenvalue weighted by atomic mass is 15.3. The highest BCUT2D eigenvalue weighted by Crippen LogP contribution is 2.14. The molecule has 0 unspecified atom stereocenters. The van der Waals surface area contributed by atoms with Crippen molar-refractivity contribution in [2.45, 2.75) is 20.4 Å². The van der Waals surface area contributed by atoms with Crippen LogP contribution < -0.4 is 11.1 Å². The van der Waals surface area contributed by atoms with Crippen LogP contribution in [0.3, 0.4) is 0 Å². The average molecular weight is 231 g/mol. The van der Waals surface area contributed by atoms with Gasteiger partial charge in [0.1, 0.15) is 5.82 Å². The Morgan fingerprint density at radius 3 is 2.65 bits per heavy atom. The molecule has 0 bridgehead atoms. The van der Waals surface area contributed by atoms with Crippen molar-refractivity contribution >= 4 is 11.5 Å². The van der Waals surface area contributed by atoms with Crippen LogP contribution in [0.1, 0.15) is 17.0 Å². The van der Waals surface area contributed by atoms with E-state index >= 15 is 0 Å². The van der Waals surface area contributed by atoms with E-state index in [0.717, 1.165) is 18.1 Å². The topological polar surface area (TPSA) is 68.8 Å². The van der Waals surface area contributed by atoms with Crippen molar-refractivity contribution in [1.82, 2.24) is 14.8 Å². The molecule has 0 saturated heterocycles. The number of pyridine rings is 1. The maximum absolute atomic E-state index is 5.58. The number of aryl methyl sites for hydroxylation is 2. The first kappa shape index (κ1) is 11.4. The van der Waals surface area contributed by atoms with Crippen molar-refractivity contribution < 1.29 is 0 Å². The largest absolute Gasteiger partial charge is 0.397 e. The van der Waals surface area contributed by atoms with E-state index in [1.807, 2.05) is 30.8 Å². The van der Waals surface area contributed by atoms with Crippen molar-refractivity contribution in [2.24, 2.45) is 7.05 Å². The molecule has 0 aliphatic heterocycles. The fourth-order valence-corrected chi connectivity index (χ4v) is 1.76. The molecule has 90 valence electrons. The van der Waals surface area contributed by atoms with Crippen molar-refractivity contribution in [1.29, 1.82) is 0 Å². The number of nitrogens with zero attached hydrogens (tertiary/aromatic N) is 3. The first-order valence-electron chi connectivity index (χ1n) is 5.52. The fraction of sp³-hybridized carbons (Fsp3) is 0.333. The first-order valence-corrected chi connectivity index (χ1v) is 5.52. The first-order chi connectivity index (χ1) is 8.08. The van der Waals surface area contributed by atoms with Crippen molar-refractivity contribution in [3.8, 4) is 0 Å². The van der Waals surface area contributed by atoms with Crippen LogP contribution in [0.2, 0.25) is 0 Å². The van der Waals surface area contributed by atoms with Gasteiger partial charge in [0.15, 0.2) is 0 Å². The van der Waals surface area contributed by atoms with Crippen LogP contribution in [-0.2, 0) is 13.6 Å². The average Bonchev–Trinajstić information content (AvgIpc) is 2.54. The van der Waals surface area contributed by atoms with Gasteiger partial charge in [-0.2, -0.15) is 5.10 Å². The number of nitrogens with two attached hydrogens (primary N) is 1. The van der Waals surface area contributed by atoms with E-state index in [4.69, 9.17) is 5.73 Å². The van der Waals surface area contributed by atoms with E-state index in [9.17, 15) is 0 Å². The number of hydrogen-bond donors (Lipinski definition) is 2. The zero-order chi connectivity index (χ0) is 12.4. The van der Waals surface area contributed by atoms with Gasteiger partial charge in [0.05, 0.1) is 17.6 Å². The van der Waals surface area contributed by atoms with E-state index in [1.165, 1.54) is 11.3 Å². The molecule has 2 rings (SSSR count). The Kier molecular flexibility index (Phi) is 2.99. The number of nitrogens with one attached hydrogen (secondary N) is 1. The molecule has 0 aliphatic carbocycles. The molecule has 0 fully saturated rings. The number of anilines is 2. The fourth-order valence-electron chi connectivity index (χ4n) is 1.76. The Balaban J connectivity index is 2.09. The summed E-state index contributed by atoms with van der Waals surface area (Å²) in [5.41, 5.74) is 9.69. The summed E-state index contributed by atoms with van der Waals surface area (Å²) < 4.78 is 1.89. The van der Waals surface area contributed by atoms with Crippen LogP contribution in [-0.4, -0.2) is 14.8 Å². The summed E-state index contributed by atoms with van der Waals surface area (Å²) in [4.78, 5) is 4.20. The number of aromatic nitrogens is 3. The molecule has 3 N–H and O–H groups in total. The molecule has 0 radical (unpaired) electrons. The summed E-state index contributed by atoms with van der Waals surface area (Å²) in [6.45, 7) is 4.80. The molecule has 0 aromatic carbocycles. The molecule has 0 amide bonds. The summed E-state index contributed by atoms with van der Waals surface area (Å²) in [6, 6.07) is 3.70. The molecule has 0 atom stereocenters. The van der Waals surface area contributed by atoms with Crippen LogP contribution in [0, 0.1) is 13.8 Å². The number of nitrogen functional groups attached to an aromatic ring is 1. The van der Waals surface area contributed by atoms with Crippen LogP contribution in [0.5, 0.6) is 0 Å². The Morgan fingerprint density at radius 2 is 2.12 bits per heavy atom. The van der Waals surface area contributed by atoms with E-state index in [0.29, 0.717) is 5.69 Å². The quantitative estimate of drug-likeness (QED) is 0.842. The molecule has 5 heteroatoms. The minimum atomic E-state index is 0.671. The predicted octanol–water partition coefficient (Wildman–Crippen LogP) is 1.63. The van der Waals surface area contributed by atoms with Crippen molar-refractivity contribution in [2.75, 3.05) is 11.1 Å². The van der Waals surface area contributed by atoms with Gasteiger partial charge in [-0.25, -0.2) is 4.98 Å². The lowest BCUT2D eigenvalue weighted by atomic mass is 10.2. The molecule has 0 saturated carbocycles. The maximum Gasteiger partial charge on any atom is 0.126 e.